The smallest absolute Gasteiger partial charge is 0.196 e. The quantitative estimate of drug-likeness (QED) is 0.689. The molecule has 1 heterocycles. The number of hydrogen-bond donors (Lipinski definition) is 3. The van der Waals surface area contributed by atoms with Crippen LogP contribution >= 0.6 is 0 Å². The van der Waals surface area contributed by atoms with Crippen molar-refractivity contribution in [3.05, 3.63) is 41.0 Å². The molecule has 3 heteroatoms. The molecule has 0 unspecified atom stereocenters. The van der Waals surface area contributed by atoms with Gasteiger partial charge in [0.1, 0.15) is 0 Å². The fourth-order valence-electron chi connectivity index (χ4n) is 2.05. The van der Waals surface area contributed by atoms with Gasteiger partial charge < -0.3 is 15.5 Å². The second-order valence-electron chi connectivity index (χ2n) is 4.96. The molecule has 3 nitrogen and oxygen atoms in total. The lowest BCUT2D eigenvalue weighted by Crippen LogP contribution is -1.89. The molecule has 0 aliphatic rings. The molecule has 0 fully saturated rings. The van der Waals surface area contributed by atoms with Crippen LogP contribution in [-0.2, 0) is 0 Å². The molecule has 0 aliphatic carbocycles. The highest BCUT2D eigenvalue weighted by Crippen LogP contribution is 2.30. The first kappa shape index (κ1) is 14.1. The molecule has 3 N–H and O–H groups in total. The van der Waals surface area contributed by atoms with Crippen LogP contribution in [-0.4, -0.2) is 15.8 Å². The van der Waals surface area contributed by atoms with Gasteiger partial charge in [0.2, 0.25) is 0 Å². The molecule has 1 aromatic carbocycles. The lowest BCUT2D eigenvalue weighted by atomic mass is 10.1. The number of benzene rings is 1. The van der Waals surface area contributed by atoms with E-state index in [2.05, 4.69) is 24.1 Å². The third kappa shape index (κ3) is 2.82. The Morgan fingerprint density at radius 3 is 2.75 bits per heavy atom. The second kappa shape index (κ2) is 5.78. The molecule has 0 atom stereocenters. The summed E-state index contributed by atoms with van der Waals surface area (Å²) >= 11 is 0. The fourth-order valence-corrected chi connectivity index (χ4v) is 2.05. The third-order valence-corrected chi connectivity index (χ3v) is 3.34. The summed E-state index contributed by atoms with van der Waals surface area (Å²) in [7, 11) is 0. The average molecular weight is 268 g/mol. The van der Waals surface area contributed by atoms with Gasteiger partial charge >= 0.3 is 0 Å². The highest BCUT2D eigenvalue weighted by atomic mass is 16.3. The first-order valence-corrected chi connectivity index (χ1v) is 6.78. The molecule has 0 spiro atoms. The van der Waals surface area contributed by atoms with E-state index in [0.717, 1.165) is 34.0 Å². The SMILES string of the molecule is CC/C=C/c1ccc2c(C=C(C)C(C)=N)c(O)[nH]c2c1. The van der Waals surface area contributed by atoms with Crippen molar-refractivity contribution in [1.82, 2.24) is 4.98 Å². The minimum atomic E-state index is 0.150. The minimum Gasteiger partial charge on any atom is -0.494 e. The van der Waals surface area contributed by atoms with Crippen LogP contribution in [0, 0.1) is 5.41 Å². The van der Waals surface area contributed by atoms with E-state index in [1.54, 1.807) is 6.92 Å². The average Bonchev–Trinajstić information content (AvgIpc) is 2.72. The fraction of sp³-hybridized carbons (Fsp3) is 0.235. The molecule has 2 rings (SSSR count). The van der Waals surface area contributed by atoms with Crippen LogP contribution in [0.1, 0.15) is 38.3 Å². The Kier molecular flexibility index (Phi) is 4.08. The Morgan fingerprint density at radius 2 is 2.10 bits per heavy atom. The van der Waals surface area contributed by atoms with Crippen molar-refractivity contribution in [3.63, 3.8) is 0 Å². The van der Waals surface area contributed by atoms with Crippen molar-refractivity contribution < 1.29 is 5.11 Å². The van der Waals surface area contributed by atoms with Gasteiger partial charge in [0.15, 0.2) is 5.88 Å². The number of rotatable bonds is 4. The Labute approximate surface area is 119 Å². The van der Waals surface area contributed by atoms with Gasteiger partial charge in [-0.05, 0) is 43.5 Å². The molecule has 0 radical (unpaired) electrons. The maximum atomic E-state index is 10.0. The Balaban J connectivity index is 2.53. The molecule has 1 aromatic heterocycles. The first-order chi connectivity index (χ1) is 9.52. The van der Waals surface area contributed by atoms with E-state index in [1.807, 2.05) is 31.2 Å². The number of nitrogens with one attached hydrogen (secondary N) is 2. The number of hydrogen-bond acceptors (Lipinski definition) is 2. The standard InChI is InChI=1S/C17H20N2O/c1-4-5-6-13-7-8-14-15(9-11(2)12(3)18)17(20)19-16(14)10-13/h5-10,18-20H,4H2,1-3H3/b6-5+,11-9?,18-12?. The number of aromatic nitrogens is 1. The molecule has 104 valence electrons. The molecule has 0 saturated heterocycles. The number of H-pyrrole nitrogens is 1. The summed E-state index contributed by atoms with van der Waals surface area (Å²) < 4.78 is 0. The number of allylic oxidation sites excluding steroid dienone is 2. The monoisotopic (exact) mass is 268 g/mol. The summed E-state index contributed by atoms with van der Waals surface area (Å²) in [6.07, 6.45) is 7.02. The van der Waals surface area contributed by atoms with Crippen LogP contribution in [0.5, 0.6) is 5.88 Å². The predicted molar refractivity (Wildman–Crippen MR) is 86.3 cm³/mol. The molecule has 0 bridgehead atoms. The summed E-state index contributed by atoms with van der Waals surface area (Å²) in [5.74, 6) is 0.150. The van der Waals surface area contributed by atoms with Crippen LogP contribution in [0.3, 0.4) is 0 Å². The molecule has 20 heavy (non-hydrogen) atoms. The van der Waals surface area contributed by atoms with Gasteiger partial charge in [-0.25, -0.2) is 0 Å². The van der Waals surface area contributed by atoms with E-state index in [4.69, 9.17) is 5.41 Å². The van der Waals surface area contributed by atoms with Crippen molar-refractivity contribution >= 4 is 28.8 Å². The largest absolute Gasteiger partial charge is 0.494 e. The summed E-state index contributed by atoms with van der Waals surface area (Å²) in [6.45, 7) is 5.71. The van der Waals surface area contributed by atoms with Gasteiger partial charge in [-0.15, -0.1) is 0 Å². The Hall–Kier alpha value is -2.29. The van der Waals surface area contributed by atoms with Crippen LogP contribution in [0.2, 0.25) is 0 Å². The van der Waals surface area contributed by atoms with Gasteiger partial charge in [0.05, 0.1) is 0 Å². The normalized spacial score (nSPS) is 12.4. The van der Waals surface area contributed by atoms with Crippen LogP contribution in [0.25, 0.3) is 23.1 Å². The van der Waals surface area contributed by atoms with Crippen molar-refractivity contribution in [2.75, 3.05) is 0 Å². The van der Waals surface area contributed by atoms with Crippen molar-refractivity contribution in [3.8, 4) is 5.88 Å². The van der Waals surface area contributed by atoms with E-state index in [0.29, 0.717) is 5.71 Å². The summed E-state index contributed by atoms with van der Waals surface area (Å²) in [4.78, 5) is 2.99. The van der Waals surface area contributed by atoms with Crippen LogP contribution < -0.4 is 0 Å². The lowest BCUT2D eigenvalue weighted by Gasteiger charge is -1.99. The lowest BCUT2D eigenvalue weighted by molar-refractivity contribution is 0.457. The number of fused-ring (bicyclic) bond motifs is 1. The van der Waals surface area contributed by atoms with Gasteiger partial charge in [-0.1, -0.05) is 31.2 Å². The van der Waals surface area contributed by atoms with E-state index >= 15 is 0 Å². The van der Waals surface area contributed by atoms with Gasteiger partial charge in [0, 0.05) is 22.2 Å². The first-order valence-electron chi connectivity index (χ1n) is 6.78. The molecule has 2 aromatic rings. The van der Waals surface area contributed by atoms with Gasteiger partial charge in [-0.2, -0.15) is 0 Å². The predicted octanol–water partition coefficient (Wildman–Crippen LogP) is 4.74. The van der Waals surface area contributed by atoms with E-state index in [-0.39, 0.29) is 5.88 Å². The highest BCUT2D eigenvalue weighted by molar-refractivity contribution is 6.02. The Morgan fingerprint density at radius 1 is 1.35 bits per heavy atom. The maximum Gasteiger partial charge on any atom is 0.196 e. The van der Waals surface area contributed by atoms with E-state index in [1.165, 1.54) is 0 Å². The van der Waals surface area contributed by atoms with Crippen molar-refractivity contribution in [2.45, 2.75) is 27.2 Å². The molecule has 0 saturated carbocycles. The van der Waals surface area contributed by atoms with Crippen LogP contribution in [0.15, 0.2) is 29.8 Å². The minimum absolute atomic E-state index is 0.150. The summed E-state index contributed by atoms with van der Waals surface area (Å²) in [6, 6.07) is 6.05. The van der Waals surface area contributed by atoms with E-state index in [9.17, 15) is 5.11 Å². The zero-order valence-corrected chi connectivity index (χ0v) is 12.1. The van der Waals surface area contributed by atoms with Crippen molar-refractivity contribution in [1.29, 1.82) is 5.41 Å². The third-order valence-electron chi connectivity index (χ3n) is 3.34. The van der Waals surface area contributed by atoms with Crippen molar-refractivity contribution in [2.24, 2.45) is 0 Å². The van der Waals surface area contributed by atoms with E-state index < -0.39 is 0 Å². The second-order valence-corrected chi connectivity index (χ2v) is 4.96. The highest BCUT2D eigenvalue weighted by Gasteiger charge is 2.09. The van der Waals surface area contributed by atoms with Gasteiger partial charge in [-0.3, -0.25) is 0 Å². The number of aromatic hydroxyl groups is 1. The molecule has 0 aliphatic heterocycles. The molecule has 0 amide bonds. The topological polar surface area (TPSA) is 59.9 Å². The molecular weight excluding hydrogens is 248 g/mol. The summed E-state index contributed by atoms with van der Waals surface area (Å²) in [5, 5.41) is 18.6. The maximum absolute atomic E-state index is 10.0. The molecular formula is C17H20N2O. The summed E-state index contributed by atoms with van der Waals surface area (Å²) in [5.41, 5.74) is 4.10. The number of aromatic amines is 1. The zero-order valence-electron chi connectivity index (χ0n) is 12.1. The van der Waals surface area contributed by atoms with Crippen LogP contribution in [0.4, 0.5) is 0 Å². The van der Waals surface area contributed by atoms with Gasteiger partial charge in [0.25, 0.3) is 0 Å². The Bertz CT molecular complexity index is 705. The zero-order chi connectivity index (χ0) is 14.7.